The molecule has 0 unspecified atom stereocenters. The Morgan fingerprint density at radius 2 is 2.25 bits per heavy atom. The molecule has 0 fully saturated rings. The fraction of sp³-hybridized carbons (Fsp3) is 0.300. The zero-order chi connectivity index (χ0) is 12.1. The van der Waals surface area contributed by atoms with Crippen molar-refractivity contribution in [3.05, 3.63) is 28.3 Å². The molecular formula is C10H12N2O4. The molecule has 1 N–H and O–H groups in total. The normalized spacial score (nSPS) is 9.62. The second-order valence-corrected chi connectivity index (χ2v) is 3.05. The Morgan fingerprint density at radius 3 is 2.75 bits per heavy atom. The largest absolute Gasteiger partial charge is 0.492 e. The molecule has 0 spiro atoms. The Balaban J connectivity index is 3.09. The van der Waals surface area contributed by atoms with Crippen molar-refractivity contribution in [3.8, 4) is 5.75 Å². The minimum absolute atomic E-state index is 0.0906. The summed E-state index contributed by atoms with van der Waals surface area (Å²) in [6.07, 6.45) is 0. The molecule has 1 rings (SSSR count). The SMILES string of the molecule is CCOc1ccc([N+](=O)[O-])cc1NC(C)=O. The maximum absolute atomic E-state index is 10.9. The van der Waals surface area contributed by atoms with Crippen LogP contribution in [0, 0.1) is 10.1 Å². The quantitative estimate of drug-likeness (QED) is 0.626. The lowest BCUT2D eigenvalue weighted by atomic mass is 10.2. The van der Waals surface area contributed by atoms with Gasteiger partial charge in [-0.05, 0) is 13.0 Å². The molecule has 0 bridgehead atoms. The molecule has 6 heteroatoms. The van der Waals surface area contributed by atoms with E-state index in [0.29, 0.717) is 18.0 Å². The summed E-state index contributed by atoms with van der Waals surface area (Å²) in [7, 11) is 0. The predicted octanol–water partition coefficient (Wildman–Crippen LogP) is 1.95. The van der Waals surface area contributed by atoms with Crippen LogP contribution in [0.3, 0.4) is 0 Å². The minimum Gasteiger partial charge on any atom is -0.492 e. The van der Waals surface area contributed by atoms with Crippen molar-refractivity contribution in [1.82, 2.24) is 0 Å². The first-order valence-corrected chi connectivity index (χ1v) is 4.73. The number of hydrogen-bond acceptors (Lipinski definition) is 4. The minimum atomic E-state index is -0.527. The number of rotatable bonds is 4. The second kappa shape index (κ2) is 5.11. The van der Waals surface area contributed by atoms with E-state index in [1.54, 1.807) is 6.92 Å². The first-order chi connectivity index (χ1) is 7.54. The second-order valence-electron chi connectivity index (χ2n) is 3.05. The Hall–Kier alpha value is -2.11. The number of amides is 1. The van der Waals surface area contributed by atoms with E-state index in [1.165, 1.54) is 25.1 Å². The predicted molar refractivity (Wildman–Crippen MR) is 58.6 cm³/mol. The average molecular weight is 224 g/mol. The molecule has 0 aromatic heterocycles. The van der Waals surface area contributed by atoms with Crippen LogP contribution in [0.25, 0.3) is 0 Å². The molecule has 86 valence electrons. The van der Waals surface area contributed by atoms with Gasteiger partial charge in [0.1, 0.15) is 5.75 Å². The van der Waals surface area contributed by atoms with Crippen LogP contribution >= 0.6 is 0 Å². The van der Waals surface area contributed by atoms with Crippen LogP contribution in [0.2, 0.25) is 0 Å². The maximum Gasteiger partial charge on any atom is 0.271 e. The zero-order valence-corrected chi connectivity index (χ0v) is 9.02. The number of carbonyl (C=O) groups is 1. The number of carbonyl (C=O) groups excluding carboxylic acids is 1. The maximum atomic E-state index is 10.9. The molecule has 1 amide bonds. The molecule has 0 aliphatic rings. The van der Waals surface area contributed by atoms with Crippen LogP contribution in [-0.4, -0.2) is 17.4 Å². The standard InChI is InChI=1S/C10H12N2O4/c1-3-16-10-5-4-8(12(14)15)6-9(10)11-7(2)13/h4-6H,3H2,1-2H3,(H,11,13). The van der Waals surface area contributed by atoms with Gasteiger partial charge in [-0.3, -0.25) is 14.9 Å². The van der Waals surface area contributed by atoms with Crippen molar-refractivity contribution in [3.63, 3.8) is 0 Å². The highest BCUT2D eigenvalue weighted by atomic mass is 16.6. The van der Waals surface area contributed by atoms with E-state index in [2.05, 4.69) is 5.32 Å². The van der Waals surface area contributed by atoms with Crippen LogP contribution in [0.15, 0.2) is 18.2 Å². The molecule has 6 nitrogen and oxygen atoms in total. The van der Waals surface area contributed by atoms with Gasteiger partial charge in [0.25, 0.3) is 5.69 Å². The third-order valence-electron chi connectivity index (χ3n) is 1.78. The lowest BCUT2D eigenvalue weighted by molar-refractivity contribution is -0.384. The highest BCUT2D eigenvalue weighted by molar-refractivity contribution is 5.90. The number of nitrogens with zero attached hydrogens (tertiary/aromatic N) is 1. The van der Waals surface area contributed by atoms with E-state index < -0.39 is 4.92 Å². The Labute approximate surface area is 92.4 Å². The summed E-state index contributed by atoms with van der Waals surface area (Å²) < 4.78 is 5.24. The van der Waals surface area contributed by atoms with Crippen LogP contribution in [-0.2, 0) is 4.79 Å². The monoisotopic (exact) mass is 224 g/mol. The summed E-state index contributed by atoms with van der Waals surface area (Å²) >= 11 is 0. The van der Waals surface area contributed by atoms with Gasteiger partial charge in [-0.1, -0.05) is 0 Å². The van der Waals surface area contributed by atoms with Crippen molar-refractivity contribution >= 4 is 17.3 Å². The lowest BCUT2D eigenvalue weighted by Gasteiger charge is -2.09. The third kappa shape index (κ3) is 2.94. The number of non-ortho nitro benzene ring substituents is 1. The van der Waals surface area contributed by atoms with E-state index in [-0.39, 0.29) is 11.6 Å². The summed E-state index contributed by atoms with van der Waals surface area (Å²) in [6.45, 7) is 3.54. The number of nitro groups is 1. The molecule has 0 aliphatic heterocycles. The van der Waals surface area contributed by atoms with E-state index in [0.717, 1.165) is 0 Å². The van der Waals surface area contributed by atoms with E-state index in [9.17, 15) is 14.9 Å². The van der Waals surface area contributed by atoms with Crippen LogP contribution in [0.4, 0.5) is 11.4 Å². The number of anilines is 1. The van der Waals surface area contributed by atoms with Gasteiger partial charge in [-0.25, -0.2) is 0 Å². The van der Waals surface area contributed by atoms with Gasteiger partial charge in [0.05, 0.1) is 17.2 Å². The van der Waals surface area contributed by atoms with Crippen molar-refractivity contribution in [2.45, 2.75) is 13.8 Å². The first-order valence-electron chi connectivity index (χ1n) is 4.73. The first kappa shape index (κ1) is 12.0. The molecule has 1 aromatic carbocycles. The molecule has 0 saturated carbocycles. The van der Waals surface area contributed by atoms with Gasteiger partial charge < -0.3 is 10.1 Å². The van der Waals surface area contributed by atoms with Gasteiger partial charge in [0, 0.05) is 19.1 Å². The van der Waals surface area contributed by atoms with Crippen molar-refractivity contribution < 1.29 is 14.5 Å². The molecular weight excluding hydrogens is 212 g/mol. The van der Waals surface area contributed by atoms with E-state index >= 15 is 0 Å². The van der Waals surface area contributed by atoms with Crippen molar-refractivity contribution in [2.75, 3.05) is 11.9 Å². The highest BCUT2D eigenvalue weighted by Crippen LogP contribution is 2.29. The summed E-state index contributed by atoms with van der Waals surface area (Å²) in [5.41, 5.74) is 0.218. The summed E-state index contributed by atoms with van der Waals surface area (Å²) in [5, 5.41) is 13.0. The van der Waals surface area contributed by atoms with Gasteiger partial charge >= 0.3 is 0 Å². The summed E-state index contributed by atoms with van der Waals surface area (Å²) in [6, 6.07) is 4.07. The number of nitrogens with one attached hydrogen (secondary N) is 1. The van der Waals surface area contributed by atoms with Crippen molar-refractivity contribution in [2.24, 2.45) is 0 Å². The summed E-state index contributed by atoms with van der Waals surface area (Å²) in [4.78, 5) is 20.9. The molecule has 0 heterocycles. The van der Waals surface area contributed by atoms with Crippen molar-refractivity contribution in [1.29, 1.82) is 0 Å². The van der Waals surface area contributed by atoms with Gasteiger partial charge in [-0.2, -0.15) is 0 Å². The van der Waals surface area contributed by atoms with Gasteiger partial charge in [-0.15, -0.1) is 0 Å². The fourth-order valence-corrected chi connectivity index (χ4v) is 1.20. The van der Waals surface area contributed by atoms with E-state index in [4.69, 9.17) is 4.74 Å². The fourth-order valence-electron chi connectivity index (χ4n) is 1.20. The average Bonchev–Trinajstić information content (AvgIpc) is 2.19. The molecule has 16 heavy (non-hydrogen) atoms. The molecule has 0 saturated heterocycles. The summed E-state index contributed by atoms with van der Waals surface area (Å²) in [5.74, 6) is 0.116. The van der Waals surface area contributed by atoms with Crippen LogP contribution in [0.1, 0.15) is 13.8 Å². The van der Waals surface area contributed by atoms with Crippen LogP contribution in [0.5, 0.6) is 5.75 Å². The van der Waals surface area contributed by atoms with Crippen LogP contribution < -0.4 is 10.1 Å². The molecule has 0 radical (unpaired) electrons. The number of nitro benzene ring substituents is 1. The highest BCUT2D eigenvalue weighted by Gasteiger charge is 2.12. The Bertz CT molecular complexity index is 417. The Morgan fingerprint density at radius 1 is 1.56 bits per heavy atom. The van der Waals surface area contributed by atoms with E-state index in [1.807, 2.05) is 0 Å². The smallest absolute Gasteiger partial charge is 0.271 e. The van der Waals surface area contributed by atoms with Gasteiger partial charge in [0.2, 0.25) is 5.91 Å². The lowest BCUT2D eigenvalue weighted by Crippen LogP contribution is -2.08. The number of benzene rings is 1. The van der Waals surface area contributed by atoms with Gasteiger partial charge in [0.15, 0.2) is 0 Å². The molecule has 1 aromatic rings. The number of hydrogen-bond donors (Lipinski definition) is 1. The third-order valence-corrected chi connectivity index (χ3v) is 1.78. The topological polar surface area (TPSA) is 81.5 Å². The molecule has 0 atom stereocenters. The molecule has 0 aliphatic carbocycles. The zero-order valence-electron chi connectivity index (χ0n) is 9.02. The number of ether oxygens (including phenoxy) is 1. The Kier molecular flexibility index (Phi) is 3.82.